The number of hydrogen-bond acceptors (Lipinski definition) is 3. The maximum Gasteiger partial charge on any atom is 0.325 e. The maximum absolute atomic E-state index is 12.4. The minimum absolute atomic E-state index is 0.215. The Bertz CT molecular complexity index is 455. The van der Waals surface area contributed by atoms with E-state index in [2.05, 4.69) is 11.9 Å². The summed E-state index contributed by atoms with van der Waals surface area (Å²) in [5.74, 6) is -0.552. The first-order chi connectivity index (χ1) is 9.81. The van der Waals surface area contributed by atoms with Crippen molar-refractivity contribution >= 4 is 17.8 Å². The fourth-order valence-electron chi connectivity index (χ4n) is 2.49. The lowest BCUT2D eigenvalue weighted by atomic mass is 9.93. The van der Waals surface area contributed by atoms with Gasteiger partial charge in [-0.15, -0.1) is 0 Å². The molecule has 0 unspecified atom stereocenters. The van der Waals surface area contributed by atoms with Gasteiger partial charge in [-0.1, -0.05) is 26.0 Å². The van der Waals surface area contributed by atoms with Crippen molar-refractivity contribution in [3.63, 3.8) is 0 Å². The highest BCUT2D eigenvalue weighted by Crippen LogP contribution is 2.24. The lowest BCUT2D eigenvalue weighted by Crippen LogP contribution is -2.47. The van der Waals surface area contributed by atoms with Crippen molar-refractivity contribution in [2.45, 2.75) is 46.1 Å². The Balaban J connectivity index is 2.83. The predicted molar refractivity (Wildman–Crippen MR) is 80.6 cm³/mol. The fraction of sp³-hybridized carbons (Fsp3) is 0.667. The zero-order chi connectivity index (χ0) is 16.2. The summed E-state index contributed by atoms with van der Waals surface area (Å²) in [5.41, 5.74) is 0.00169. The highest BCUT2D eigenvalue weighted by molar-refractivity contribution is 6.08. The van der Waals surface area contributed by atoms with Gasteiger partial charge in [0.15, 0.2) is 0 Å². The Kier molecular flexibility index (Phi) is 5.52. The van der Waals surface area contributed by atoms with Gasteiger partial charge in [-0.25, -0.2) is 4.79 Å². The molecule has 0 aromatic heterocycles. The van der Waals surface area contributed by atoms with Crippen molar-refractivity contribution in [2.24, 2.45) is 0 Å². The molecule has 1 heterocycles. The van der Waals surface area contributed by atoms with Crippen molar-refractivity contribution in [3.8, 4) is 0 Å². The smallest absolute Gasteiger partial charge is 0.325 e. The number of rotatable bonds is 7. The number of imide groups is 1. The lowest BCUT2D eigenvalue weighted by molar-refractivity contribution is -0.138. The molecule has 6 heteroatoms. The Morgan fingerprint density at radius 1 is 1.29 bits per heavy atom. The summed E-state index contributed by atoms with van der Waals surface area (Å²) >= 11 is 0. The Labute approximate surface area is 126 Å². The quantitative estimate of drug-likeness (QED) is 0.572. The standard InChI is InChI=1S/C15H25N3O3/c1-6-15(7-2)13(20)18(14(21)16-15)10-12(19)17(8-3)9-11(4)5/h4,6-10H2,1-3,5H3,(H,16,21). The second-order valence-corrected chi connectivity index (χ2v) is 5.48. The molecule has 0 aromatic rings. The molecule has 0 saturated carbocycles. The topological polar surface area (TPSA) is 69.7 Å². The molecule has 0 spiro atoms. The van der Waals surface area contributed by atoms with Crippen molar-refractivity contribution in [1.82, 2.24) is 15.1 Å². The molecule has 0 aromatic carbocycles. The molecule has 1 aliphatic heterocycles. The number of nitrogens with one attached hydrogen (secondary N) is 1. The van der Waals surface area contributed by atoms with Crippen LogP contribution in [0.3, 0.4) is 0 Å². The Morgan fingerprint density at radius 2 is 1.86 bits per heavy atom. The monoisotopic (exact) mass is 295 g/mol. The van der Waals surface area contributed by atoms with Crippen LogP contribution in [0.4, 0.5) is 4.79 Å². The van der Waals surface area contributed by atoms with Crippen LogP contribution in [-0.4, -0.2) is 52.8 Å². The van der Waals surface area contributed by atoms with Crippen molar-refractivity contribution in [1.29, 1.82) is 0 Å². The summed E-state index contributed by atoms with van der Waals surface area (Å²) < 4.78 is 0. The minimum Gasteiger partial charge on any atom is -0.337 e. The van der Waals surface area contributed by atoms with Gasteiger partial charge in [0.05, 0.1) is 0 Å². The third-order valence-corrected chi connectivity index (χ3v) is 3.94. The SMILES string of the molecule is C=C(C)CN(CC)C(=O)CN1C(=O)NC(CC)(CC)C1=O. The van der Waals surface area contributed by atoms with E-state index in [0.717, 1.165) is 10.5 Å². The van der Waals surface area contributed by atoms with E-state index in [-0.39, 0.29) is 18.4 Å². The second kappa shape index (κ2) is 6.74. The summed E-state index contributed by atoms with van der Waals surface area (Å²) in [5, 5.41) is 2.72. The van der Waals surface area contributed by atoms with Crippen LogP contribution in [-0.2, 0) is 9.59 Å². The van der Waals surface area contributed by atoms with Crippen molar-refractivity contribution in [3.05, 3.63) is 12.2 Å². The average Bonchev–Trinajstić information content (AvgIpc) is 2.69. The van der Waals surface area contributed by atoms with Gasteiger partial charge in [0.25, 0.3) is 5.91 Å². The van der Waals surface area contributed by atoms with E-state index in [1.807, 2.05) is 27.7 Å². The van der Waals surface area contributed by atoms with Gasteiger partial charge in [0, 0.05) is 13.1 Å². The highest BCUT2D eigenvalue weighted by atomic mass is 16.2. The number of urea groups is 1. The van der Waals surface area contributed by atoms with Gasteiger partial charge in [0.1, 0.15) is 12.1 Å². The minimum atomic E-state index is -0.858. The fourth-order valence-corrected chi connectivity index (χ4v) is 2.49. The molecule has 1 N–H and O–H groups in total. The molecular weight excluding hydrogens is 270 g/mol. The lowest BCUT2D eigenvalue weighted by Gasteiger charge is -2.25. The number of amides is 4. The van der Waals surface area contributed by atoms with Gasteiger partial charge < -0.3 is 10.2 Å². The van der Waals surface area contributed by atoms with Crippen LogP contribution in [0, 0.1) is 0 Å². The van der Waals surface area contributed by atoms with E-state index in [4.69, 9.17) is 0 Å². The molecule has 0 bridgehead atoms. The first kappa shape index (κ1) is 17.2. The van der Waals surface area contributed by atoms with Gasteiger partial charge >= 0.3 is 6.03 Å². The summed E-state index contributed by atoms with van der Waals surface area (Å²) in [4.78, 5) is 39.3. The van der Waals surface area contributed by atoms with Gasteiger partial charge in [-0.3, -0.25) is 14.5 Å². The Morgan fingerprint density at radius 3 is 2.24 bits per heavy atom. The summed E-state index contributed by atoms with van der Waals surface area (Å²) in [6.07, 6.45) is 1.03. The first-order valence-corrected chi connectivity index (χ1v) is 7.37. The predicted octanol–water partition coefficient (Wildman–Crippen LogP) is 1.52. The summed E-state index contributed by atoms with van der Waals surface area (Å²) in [6.45, 7) is 11.9. The van der Waals surface area contributed by atoms with E-state index in [0.29, 0.717) is 25.9 Å². The molecule has 0 atom stereocenters. The normalized spacial score (nSPS) is 16.9. The molecule has 21 heavy (non-hydrogen) atoms. The van der Waals surface area contributed by atoms with E-state index < -0.39 is 11.6 Å². The van der Waals surface area contributed by atoms with Crippen LogP contribution in [0.2, 0.25) is 0 Å². The van der Waals surface area contributed by atoms with Crippen LogP contribution in [0.1, 0.15) is 40.5 Å². The average molecular weight is 295 g/mol. The van der Waals surface area contributed by atoms with E-state index in [1.165, 1.54) is 0 Å². The molecule has 1 fully saturated rings. The molecule has 1 aliphatic rings. The van der Waals surface area contributed by atoms with Crippen molar-refractivity contribution < 1.29 is 14.4 Å². The molecule has 6 nitrogen and oxygen atoms in total. The second-order valence-electron chi connectivity index (χ2n) is 5.48. The number of hydrogen-bond donors (Lipinski definition) is 1. The maximum atomic E-state index is 12.4. The third kappa shape index (κ3) is 3.43. The van der Waals surface area contributed by atoms with Crippen LogP contribution < -0.4 is 5.32 Å². The zero-order valence-corrected chi connectivity index (χ0v) is 13.4. The molecule has 4 amide bonds. The molecule has 1 rings (SSSR count). The molecule has 0 aliphatic carbocycles. The van der Waals surface area contributed by atoms with Crippen molar-refractivity contribution in [2.75, 3.05) is 19.6 Å². The summed E-state index contributed by atoms with van der Waals surface area (Å²) in [6, 6.07) is -0.483. The van der Waals surface area contributed by atoms with Crippen LogP contribution in [0.25, 0.3) is 0 Å². The van der Waals surface area contributed by atoms with E-state index in [1.54, 1.807) is 4.90 Å². The Hall–Kier alpha value is -1.85. The first-order valence-electron chi connectivity index (χ1n) is 7.37. The van der Waals surface area contributed by atoms with Crippen LogP contribution in [0.15, 0.2) is 12.2 Å². The molecular formula is C15H25N3O3. The third-order valence-electron chi connectivity index (χ3n) is 3.94. The zero-order valence-electron chi connectivity index (χ0n) is 13.4. The van der Waals surface area contributed by atoms with Crippen LogP contribution in [0.5, 0.6) is 0 Å². The number of carbonyl (C=O) groups excluding carboxylic acids is 3. The molecule has 1 saturated heterocycles. The van der Waals surface area contributed by atoms with E-state index >= 15 is 0 Å². The van der Waals surface area contributed by atoms with Gasteiger partial charge in [0.2, 0.25) is 5.91 Å². The largest absolute Gasteiger partial charge is 0.337 e. The van der Waals surface area contributed by atoms with Crippen LogP contribution >= 0.6 is 0 Å². The van der Waals surface area contributed by atoms with Gasteiger partial charge in [-0.2, -0.15) is 0 Å². The number of carbonyl (C=O) groups is 3. The summed E-state index contributed by atoms with van der Waals surface area (Å²) in [7, 11) is 0. The van der Waals surface area contributed by atoms with Gasteiger partial charge in [-0.05, 0) is 26.7 Å². The molecule has 118 valence electrons. The number of nitrogens with zero attached hydrogens (tertiary/aromatic N) is 2. The number of likely N-dealkylation sites (N-methyl/N-ethyl adjacent to an activating group) is 1. The van der Waals surface area contributed by atoms with E-state index in [9.17, 15) is 14.4 Å². The molecule has 0 radical (unpaired) electrons. The highest BCUT2D eigenvalue weighted by Gasteiger charge is 2.49.